The van der Waals surface area contributed by atoms with Crippen molar-refractivity contribution in [3.63, 3.8) is 0 Å². The van der Waals surface area contributed by atoms with Crippen molar-refractivity contribution >= 4 is 29.3 Å². The van der Waals surface area contributed by atoms with Crippen LogP contribution in [0.3, 0.4) is 0 Å². The maximum absolute atomic E-state index is 12.9. The molecule has 37 heavy (non-hydrogen) atoms. The lowest BCUT2D eigenvalue weighted by Gasteiger charge is -2.44. The average Bonchev–Trinajstić information content (AvgIpc) is 3.42. The maximum atomic E-state index is 12.9. The van der Waals surface area contributed by atoms with E-state index >= 15 is 0 Å². The van der Waals surface area contributed by atoms with Gasteiger partial charge in [0.05, 0.1) is 5.02 Å². The predicted octanol–water partition coefficient (Wildman–Crippen LogP) is 2.93. The number of halogens is 1. The van der Waals surface area contributed by atoms with Crippen molar-refractivity contribution < 1.29 is 19.1 Å². The van der Waals surface area contributed by atoms with Gasteiger partial charge in [0, 0.05) is 68.4 Å². The minimum absolute atomic E-state index is 0.0105. The number of imide groups is 1. The number of piperidine rings is 1. The number of amides is 3. The Balaban J connectivity index is 1.04. The zero-order valence-electron chi connectivity index (χ0n) is 20.6. The van der Waals surface area contributed by atoms with Gasteiger partial charge in [-0.3, -0.25) is 24.6 Å². The molecular formula is C27H30ClN5O4. The number of ether oxygens (including phenoxy) is 1. The molecule has 1 unspecified atom stereocenters. The second-order valence-corrected chi connectivity index (χ2v) is 11.0. The number of fused-ring (bicyclic) bond motifs is 1. The van der Waals surface area contributed by atoms with Gasteiger partial charge in [0.1, 0.15) is 17.7 Å². The molecule has 2 saturated heterocycles. The number of hydrogen-bond donors (Lipinski definition) is 1. The van der Waals surface area contributed by atoms with Gasteiger partial charge in [0.2, 0.25) is 11.8 Å². The van der Waals surface area contributed by atoms with Crippen LogP contribution in [0.4, 0.5) is 0 Å². The van der Waals surface area contributed by atoms with Crippen LogP contribution in [0, 0.1) is 5.92 Å². The Hall–Kier alpha value is -3.04. The number of hydrogen-bond acceptors (Lipinski definition) is 7. The highest BCUT2D eigenvalue weighted by atomic mass is 35.5. The van der Waals surface area contributed by atoms with Gasteiger partial charge in [0.15, 0.2) is 0 Å². The van der Waals surface area contributed by atoms with E-state index in [2.05, 4.69) is 20.2 Å². The topological polar surface area (TPSA) is 105 Å². The summed E-state index contributed by atoms with van der Waals surface area (Å²) in [7, 11) is 0. The molecule has 194 valence electrons. The van der Waals surface area contributed by atoms with Crippen molar-refractivity contribution in [2.75, 3.05) is 19.6 Å². The minimum Gasteiger partial charge on any atom is -0.489 e. The van der Waals surface area contributed by atoms with Crippen LogP contribution in [-0.2, 0) is 16.1 Å². The first-order chi connectivity index (χ1) is 17.9. The standard InChI is InChI=1S/C27H30ClN5O4/c28-19-11-29-25(30-12-19)18-14-33(15-18)22-2-1-3-23(22)37-20-5-6-21-17(10-20)13-32(27(21)36)9-8-16-4-7-24(34)31-26(16)35/h5-6,10-12,16,18,22-23H,1-4,7-9,13-15H2,(H,31,34,35)/t16?,22-,23-/m1/s1. The highest BCUT2D eigenvalue weighted by Gasteiger charge is 2.41. The van der Waals surface area contributed by atoms with E-state index < -0.39 is 0 Å². The van der Waals surface area contributed by atoms with Crippen molar-refractivity contribution in [2.24, 2.45) is 5.92 Å². The number of nitrogens with zero attached hydrogens (tertiary/aromatic N) is 4. The monoisotopic (exact) mass is 523 g/mol. The van der Waals surface area contributed by atoms with E-state index in [0.717, 1.165) is 49.5 Å². The van der Waals surface area contributed by atoms with E-state index in [-0.39, 0.29) is 29.7 Å². The molecule has 0 radical (unpaired) electrons. The number of nitrogens with one attached hydrogen (secondary N) is 1. The van der Waals surface area contributed by atoms with E-state index in [1.54, 1.807) is 17.3 Å². The number of benzene rings is 1. The summed E-state index contributed by atoms with van der Waals surface area (Å²) in [5, 5.41) is 2.95. The number of aromatic nitrogens is 2. The zero-order valence-corrected chi connectivity index (χ0v) is 21.3. The fraction of sp³-hybridized carbons (Fsp3) is 0.519. The van der Waals surface area contributed by atoms with Gasteiger partial charge in [-0.15, -0.1) is 0 Å². The summed E-state index contributed by atoms with van der Waals surface area (Å²) in [5.74, 6) is 1.30. The fourth-order valence-corrected chi connectivity index (χ4v) is 6.15. The molecular weight excluding hydrogens is 494 g/mol. The van der Waals surface area contributed by atoms with Crippen LogP contribution >= 0.6 is 11.6 Å². The molecule has 9 nitrogen and oxygen atoms in total. The van der Waals surface area contributed by atoms with Crippen LogP contribution < -0.4 is 10.1 Å². The number of carbonyl (C=O) groups is 3. The SMILES string of the molecule is O=C1CCC(CCN2Cc3cc(O[C@@H]4CCC[C@H]4N4CC(c5ncc(Cl)cn5)C4)ccc3C2=O)C(=O)N1. The van der Waals surface area contributed by atoms with E-state index in [0.29, 0.717) is 54.9 Å². The van der Waals surface area contributed by atoms with Crippen LogP contribution in [0.1, 0.15) is 66.2 Å². The van der Waals surface area contributed by atoms with Gasteiger partial charge in [-0.05, 0) is 55.9 Å². The molecule has 1 aromatic heterocycles. The maximum Gasteiger partial charge on any atom is 0.254 e. The molecule has 4 heterocycles. The first-order valence-electron chi connectivity index (χ1n) is 13.1. The quantitative estimate of drug-likeness (QED) is 0.556. The average molecular weight is 524 g/mol. The van der Waals surface area contributed by atoms with Crippen LogP contribution in [0.25, 0.3) is 0 Å². The van der Waals surface area contributed by atoms with Crippen molar-refractivity contribution in [1.29, 1.82) is 0 Å². The van der Waals surface area contributed by atoms with Crippen LogP contribution in [-0.4, -0.2) is 69.3 Å². The minimum atomic E-state index is -0.226. The zero-order chi connectivity index (χ0) is 25.5. The van der Waals surface area contributed by atoms with Gasteiger partial charge in [-0.25, -0.2) is 9.97 Å². The number of likely N-dealkylation sites (tertiary alicyclic amines) is 1. The summed E-state index contributed by atoms with van der Waals surface area (Å²) in [6.07, 6.45) is 8.14. The number of rotatable bonds is 7. The first kappa shape index (κ1) is 24.3. The van der Waals surface area contributed by atoms with Gasteiger partial charge in [0.25, 0.3) is 5.91 Å². The lowest BCUT2D eigenvalue weighted by Crippen LogP contribution is -2.54. The van der Waals surface area contributed by atoms with Crippen LogP contribution in [0.2, 0.25) is 5.02 Å². The lowest BCUT2D eigenvalue weighted by molar-refractivity contribution is -0.136. The van der Waals surface area contributed by atoms with Crippen LogP contribution in [0.5, 0.6) is 5.75 Å². The largest absolute Gasteiger partial charge is 0.489 e. The van der Waals surface area contributed by atoms with Crippen molar-refractivity contribution in [2.45, 2.75) is 63.1 Å². The Bertz CT molecular complexity index is 1220. The molecule has 10 heteroatoms. The van der Waals surface area contributed by atoms with Gasteiger partial charge in [-0.1, -0.05) is 11.6 Å². The molecule has 0 bridgehead atoms. The molecule has 1 N–H and O–H groups in total. The number of carbonyl (C=O) groups excluding carboxylic acids is 3. The van der Waals surface area contributed by atoms with Gasteiger partial charge in [-0.2, -0.15) is 0 Å². The Morgan fingerprint density at radius 2 is 1.89 bits per heavy atom. The van der Waals surface area contributed by atoms with Gasteiger partial charge >= 0.3 is 0 Å². The van der Waals surface area contributed by atoms with Crippen molar-refractivity contribution in [3.05, 3.63) is 52.6 Å². The predicted molar refractivity (Wildman–Crippen MR) is 135 cm³/mol. The summed E-state index contributed by atoms with van der Waals surface area (Å²) in [6, 6.07) is 6.12. The van der Waals surface area contributed by atoms with Crippen LogP contribution in [0.15, 0.2) is 30.6 Å². The molecule has 2 aromatic rings. The third-order valence-electron chi connectivity index (χ3n) is 8.15. The molecule has 0 spiro atoms. The second kappa shape index (κ2) is 10.0. The summed E-state index contributed by atoms with van der Waals surface area (Å²) in [5.41, 5.74) is 1.66. The molecule has 1 aromatic carbocycles. The summed E-state index contributed by atoms with van der Waals surface area (Å²) < 4.78 is 6.47. The van der Waals surface area contributed by atoms with E-state index in [1.807, 2.05) is 18.2 Å². The normalized spacial score (nSPS) is 26.2. The molecule has 3 atom stereocenters. The highest BCUT2D eigenvalue weighted by Crippen LogP contribution is 2.36. The Morgan fingerprint density at radius 1 is 1.08 bits per heavy atom. The highest BCUT2D eigenvalue weighted by molar-refractivity contribution is 6.30. The molecule has 1 saturated carbocycles. The third kappa shape index (κ3) is 4.94. The summed E-state index contributed by atoms with van der Waals surface area (Å²) in [4.78, 5) is 49.4. The Labute approximate surface area is 220 Å². The molecule has 6 rings (SSSR count). The molecule has 3 aliphatic heterocycles. The Kier molecular flexibility index (Phi) is 6.58. The first-order valence-corrected chi connectivity index (χ1v) is 13.5. The van der Waals surface area contributed by atoms with E-state index in [1.165, 1.54) is 0 Å². The van der Waals surface area contributed by atoms with Crippen molar-refractivity contribution in [1.82, 2.24) is 25.1 Å². The Morgan fingerprint density at radius 3 is 2.68 bits per heavy atom. The molecule has 3 amide bonds. The lowest BCUT2D eigenvalue weighted by atomic mass is 9.94. The summed E-state index contributed by atoms with van der Waals surface area (Å²) in [6.45, 7) is 2.86. The van der Waals surface area contributed by atoms with E-state index in [4.69, 9.17) is 16.3 Å². The van der Waals surface area contributed by atoms with Crippen molar-refractivity contribution in [3.8, 4) is 5.75 Å². The second-order valence-electron chi connectivity index (χ2n) is 10.5. The molecule has 1 aliphatic carbocycles. The molecule has 4 aliphatic rings. The van der Waals surface area contributed by atoms with Gasteiger partial charge < -0.3 is 9.64 Å². The smallest absolute Gasteiger partial charge is 0.254 e. The summed E-state index contributed by atoms with van der Waals surface area (Å²) >= 11 is 5.92. The van der Waals surface area contributed by atoms with E-state index in [9.17, 15) is 14.4 Å². The third-order valence-corrected chi connectivity index (χ3v) is 8.34. The molecule has 3 fully saturated rings. The fourth-order valence-electron chi connectivity index (χ4n) is 6.05.